The molecule has 3 rings (SSSR count). The number of para-hydroxylation sites is 1. The van der Waals surface area contributed by atoms with Gasteiger partial charge in [-0.15, -0.1) is 0 Å². The molecule has 1 aromatic heterocycles. The van der Waals surface area contributed by atoms with Gasteiger partial charge in [-0.3, -0.25) is 14.4 Å². The second-order valence-electron chi connectivity index (χ2n) is 8.75. The number of hydrogen-bond donors (Lipinski definition) is 8. The third-order valence-corrected chi connectivity index (χ3v) is 6.34. The Labute approximate surface area is 224 Å². The van der Waals surface area contributed by atoms with E-state index in [9.17, 15) is 24.3 Å². The Morgan fingerprint density at radius 1 is 0.842 bits per heavy atom. The predicted octanol–water partition coefficient (Wildman–Crippen LogP) is -0.258. The average molecular weight is 542 g/mol. The fourth-order valence-electron chi connectivity index (χ4n) is 3.88. The summed E-state index contributed by atoms with van der Waals surface area (Å²) in [5.74, 6) is -3.51. The number of carboxylic acid groups (broad SMARTS) is 1. The number of aliphatic carboxylic acids is 1. The van der Waals surface area contributed by atoms with Gasteiger partial charge < -0.3 is 36.9 Å². The predicted molar refractivity (Wildman–Crippen MR) is 144 cm³/mol. The number of fused-ring (bicyclic) bond motifs is 1. The molecule has 1 heterocycles. The van der Waals surface area contributed by atoms with E-state index in [4.69, 9.17) is 10.8 Å². The van der Waals surface area contributed by atoms with Crippen molar-refractivity contribution < 1.29 is 29.4 Å². The van der Waals surface area contributed by atoms with Gasteiger partial charge in [0.05, 0.1) is 6.61 Å². The quantitative estimate of drug-likeness (QED) is 0.137. The number of carbonyl (C=O) groups excluding carboxylic acids is 3. The van der Waals surface area contributed by atoms with E-state index in [-0.39, 0.29) is 18.6 Å². The molecule has 0 saturated carbocycles. The lowest BCUT2D eigenvalue weighted by atomic mass is 10.0. The largest absolute Gasteiger partial charge is 0.480 e. The van der Waals surface area contributed by atoms with Crippen molar-refractivity contribution in [1.82, 2.24) is 20.9 Å². The molecule has 11 nitrogen and oxygen atoms in total. The van der Waals surface area contributed by atoms with E-state index in [2.05, 4.69) is 33.6 Å². The number of amides is 3. The molecule has 3 aromatic rings. The first-order valence-corrected chi connectivity index (χ1v) is 12.6. The van der Waals surface area contributed by atoms with E-state index >= 15 is 0 Å². The SMILES string of the molecule is NC(CO)C(=O)NC(CS)C(=O)NC(Cc1c[nH]c2ccccc12)C(=O)NC(Cc1ccccc1)C(=O)O. The van der Waals surface area contributed by atoms with Crippen LogP contribution in [-0.4, -0.2) is 75.4 Å². The molecule has 0 bridgehead atoms. The first kappa shape index (κ1) is 28.7. The summed E-state index contributed by atoms with van der Waals surface area (Å²) in [6.07, 6.45) is 1.81. The number of rotatable bonds is 13. The van der Waals surface area contributed by atoms with Gasteiger partial charge in [-0.05, 0) is 17.2 Å². The number of thiol groups is 1. The Balaban J connectivity index is 1.83. The molecule has 3 amide bonds. The maximum Gasteiger partial charge on any atom is 0.326 e. The van der Waals surface area contributed by atoms with Crippen LogP contribution in [-0.2, 0) is 32.0 Å². The molecule has 0 aliphatic carbocycles. The topological polar surface area (TPSA) is 187 Å². The van der Waals surface area contributed by atoms with Crippen LogP contribution >= 0.6 is 12.6 Å². The minimum atomic E-state index is -1.24. The summed E-state index contributed by atoms with van der Waals surface area (Å²) in [5, 5.41) is 27.2. The monoisotopic (exact) mass is 541 g/mol. The third kappa shape index (κ3) is 7.57. The molecule has 0 saturated heterocycles. The van der Waals surface area contributed by atoms with E-state index in [0.717, 1.165) is 22.0 Å². The number of aliphatic hydroxyl groups excluding tert-OH is 1. The Bertz CT molecular complexity index is 1270. The number of aliphatic hydroxyl groups is 1. The molecular weight excluding hydrogens is 510 g/mol. The van der Waals surface area contributed by atoms with Crippen LogP contribution < -0.4 is 21.7 Å². The summed E-state index contributed by atoms with van der Waals surface area (Å²) < 4.78 is 0. The summed E-state index contributed by atoms with van der Waals surface area (Å²) in [6.45, 7) is -0.615. The van der Waals surface area contributed by atoms with Crippen molar-refractivity contribution in [2.75, 3.05) is 12.4 Å². The number of benzene rings is 2. The average Bonchev–Trinajstić information content (AvgIpc) is 3.33. The molecule has 202 valence electrons. The highest BCUT2D eigenvalue weighted by molar-refractivity contribution is 7.80. The lowest BCUT2D eigenvalue weighted by Gasteiger charge is -2.24. The Morgan fingerprint density at radius 2 is 1.45 bits per heavy atom. The standard InChI is InChI=1S/C26H31N5O6S/c27-18(13-32)23(33)31-22(14-38)25(35)29-20(11-16-12-28-19-9-5-4-8-17(16)19)24(34)30-21(26(36)37)10-15-6-2-1-3-7-15/h1-9,12,18,20-22,28,32,38H,10-11,13-14,27H2,(H,29,35)(H,30,34)(H,31,33)(H,36,37). The van der Waals surface area contributed by atoms with Crippen molar-refractivity contribution in [3.63, 3.8) is 0 Å². The minimum absolute atomic E-state index is 0.0443. The number of aromatic amines is 1. The van der Waals surface area contributed by atoms with Gasteiger partial charge in [0.1, 0.15) is 24.2 Å². The van der Waals surface area contributed by atoms with Crippen molar-refractivity contribution in [3.05, 3.63) is 71.9 Å². The molecule has 0 spiro atoms. The van der Waals surface area contributed by atoms with E-state index in [0.29, 0.717) is 0 Å². The van der Waals surface area contributed by atoms with Crippen LogP contribution in [0.4, 0.5) is 0 Å². The summed E-state index contributed by atoms with van der Waals surface area (Å²) >= 11 is 4.11. The van der Waals surface area contributed by atoms with Crippen LogP contribution in [0, 0.1) is 0 Å². The highest BCUT2D eigenvalue weighted by Crippen LogP contribution is 2.19. The number of carboxylic acids is 1. The maximum absolute atomic E-state index is 13.4. The van der Waals surface area contributed by atoms with Crippen molar-refractivity contribution in [1.29, 1.82) is 0 Å². The number of aromatic nitrogens is 1. The molecule has 2 aromatic carbocycles. The molecule has 0 fully saturated rings. The summed E-state index contributed by atoms with van der Waals surface area (Å²) in [4.78, 5) is 53.6. The van der Waals surface area contributed by atoms with Gasteiger partial charge in [0.25, 0.3) is 0 Å². The van der Waals surface area contributed by atoms with Gasteiger partial charge >= 0.3 is 5.97 Å². The van der Waals surface area contributed by atoms with Gasteiger partial charge in [-0.25, -0.2) is 4.79 Å². The Kier molecular flexibility index (Phi) is 10.3. The zero-order valence-corrected chi connectivity index (χ0v) is 21.4. The number of nitrogens with two attached hydrogens (primary N) is 1. The first-order valence-electron chi connectivity index (χ1n) is 11.9. The molecule has 12 heteroatoms. The van der Waals surface area contributed by atoms with Crippen molar-refractivity contribution in [2.45, 2.75) is 37.0 Å². The number of carbonyl (C=O) groups is 4. The minimum Gasteiger partial charge on any atom is -0.480 e. The van der Waals surface area contributed by atoms with E-state index in [1.54, 1.807) is 36.5 Å². The van der Waals surface area contributed by atoms with Crippen LogP contribution in [0.1, 0.15) is 11.1 Å². The highest BCUT2D eigenvalue weighted by atomic mass is 32.1. The summed E-state index contributed by atoms with van der Waals surface area (Å²) in [5.41, 5.74) is 7.79. The van der Waals surface area contributed by atoms with E-state index in [1.165, 1.54) is 0 Å². The van der Waals surface area contributed by atoms with Crippen LogP contribution in [0.15, 0.2) is 60.8 Å². The molecule has 8 N–H and O–H groups in total. The lowest BCUT2D eigenvalue weighted by molar-refractivity contribution is -0.142. The maximum atomic E-state index is 13.4. The summed E-state index contributed by atoms with van der Waals surface area (Å²) in [7, 11) is 0. The second kappa shape index (κ2) is 13.6. The lowest BCUT2D eigenvalue weighted by Crippen LogP contribution is -2.58. The van der Waals surface area contributed by atoms with Crippen LogP contribution in [0.5, 0.6) is 0 Å². The molecule has 38 heavy (non-hydrogen) atoms. The molecule has 4 unspecified atom stereocenters. The Hall–Kier alpha value is -3.87. The fourth-order valence-corrected chi connectivity index (χ4v) is 4.14. The molecule has 0 radical (unpaired) electrons. The van der Waals surface area contributed by atoms with Crippen LogP contribution in [0.3, 0.4) is 0 Å². The second-order valence-corrected chi connectivity index (χ2v) is 9.11. The zero-order valence-electron chi connectivity index (χ0n) is 20.5. The van der Waals surface area contributed by atoms with Crippen molar-refractivity contribution in [2.24, 2.45) is 5.73 Å². The third-order valence-electron chi connectivity index (χ3n) is 5.98. The number of nitrogens with one attached hydrogen (secondary N) is 4. The van der Waals surface area contributed by atoms with E-state index in [1.807, 2.05) is 24.3 Å². The number of H-pyrrole nitrogens is 1. The molecule has 0 aliphatic heterocycles. The first-order chi connectivity index (χ1) is 18.2. The normalized spacial score (nSPS) is 14.2. The smallest absolute Gasteiger partial charge is 0.326 e. The zero-order chi connectivity index (χ0) is 27.7. The van der Waals surface area contributed by atoms with Gasteiger partial charge in [0.2, 0.25) is 17.7 Å². The molecule has 0 aliphatic rings. The number of hydrogen-bond acceptors (Lipinski definition) is 7. The molecular formula is C26H31N5O6S. The highest BCUT2D eigenvalue weighted by Gasteiger charge is 2.30. The van der Waals surface area contributed by atoms with Gasteiger partial charge in [0, 0.05) is 35.7 Å². The van der Waals surface area contributed by atoms with Crippen molar-refractivity contribution in [3.8, 4) is 0 Å². The van der Waals surface area contributed by atoms with Gasteiger partial charge in [-0.2, -0.15) is 12.6 Å². The van der Waals surface area contributed by atoms with Gasteiger partial charge in [-0.1, -0.05) is 48.5 Å². The molecule has 4 atom stereocenters. The van der Waals surface area contributed by atoms with Crippen LogP contribution in [0.2, 0.25) is 0 Å². The van der Waals surface area contributed by atoms with E-state index < -0.39 is 54.5 Å². The fraction of sp³-hybridized carbons (Fsp3) is 0.308. The van der Waals surface area contributed by atoms with Crippen molar-refractivity contribution >= 4 is 47.2 Å². The summed E-state index contributed by atoms with van der Waals surface area (Å²) in [6, 6.07) is 11.5. The van der Waals surface area contributed by atoms with Crippen LogP contribution in [0.25, 0.3) is 10.9 Å². The van der Waals surface area contributed by atoms with Gasteiger partial charge in [0.15, 0.2) is 0 Å². The Morgan fingerprint density at radius 3 is 2.11 bits per heavy atom.